The van der Waals surface area contributed by atoms with Gasteiger partial charge in [-0.05, 0) is 25.5 Å². The molecule has 2 aromatic rings. The number of nitrogens with zero attached hydrogens (tertiary/aromatic N) is 2. The van der Waals surface area contributed by atoms with Gasteiger partial charge in [-0.2, -0.15) is 0 Å². The van der Waals surface area contributed by atoms with Crippen molar-refractivity contribution in [3.8, 4) is 0 Å². The summed E-state index contributed by atoms with van der Waals surface area (Å²) < 4.78 is 0. The Morgan fingerprint density at radius 2 is 1.93 bits per heavy atom. The van der Waals surface area contributed by atoms with Gasteiger partial charge >= 0.3 is 5.97 Å². The van der Waals surface area contributed by atoms with Gasteiger partial charge < -0.3 is 9.94 Å². The molecule has 0 spiro atoms. The van der Waals surface area contributed by atoms with E-state index in [-0.39, 0.29) is 5.92 Å². The molecular weight excluding hydrogens is 364 g/mol. The van der Waals surface area contributed by atoms with Crippen LogP contribution in [0, 0.1) is 5.92 Å². The second-order valence-electron chi connectivity index (χ2n) is 6.60. The molecule has 1 unspecified atom stereocenters. The van der Waals surface area contributed by atoms with Gasteiger partial charge in [0, 0.05) is 24.2 Å². The molecule has 1 fully saturated rings. The third-order valence-corrected chi connectivity index (χ3v) is 5.02. The Morgan fingerprint density at radius 1 is 1.19 bits per heavy atom. The van der Waals surface area contributed by atoms with E-state index in [2.05, 4.69) is 10.1 Å². The lowest BCUT2D eigenvalue weighted by molar-refractivity contribution is -0.143. The van der Waals surface area contributed by atoms with Crippen LogP contribution in [0.3, 0.4) is 0 Å². The summed E-state index contributed by atoms with van der Waals surface area (Å²) in [5, 5.41) is 14.2. The van der Waals surface area contributed by atoms with Crippen LogP contribution in [0.4, 0.5) is 0 Å². The van der Waals surface area contributed by atoms with Crippen molar-refractivity contribution < 1.29 is 14.7 Å². The number of carbonyl (C=O) groups is 1. The van der Waals surface area contributed by atoms with Gasteiger partial charge in [0.05, 0.1) is 10.9 Å². The fourth-order valence-corrected chi connectivity index (χ4v) is 3.47. The number of oxime groups is 1. The molecule has 6 heteroatoms. The van der Waals surface area contributed by atoms with Gasteiger partial charge in [-0.3, -0.25) is 9.69 Å². The molecule has 0 amide bonds. The number of aliphatic carboxylic acids is 1. The van der Waals surface area contributed by atoms with Crippen LogP contribution in [0.1, 0.15) is 24.0 Å². The number of carboxylic acids is 1. The topological polar surface area (TPSA) is 62.1 Å². The zero-order chi connectivity index (χ0) is 19.1. The largest absolute Gasteiger partial charge is 0.481 e. The highest BCUT2D eigenvalue weighted by Crippen LogP contribution is 2.20. The van der Waals surface area contributed by atoms with Crippen molar-refractivity contribution in [3.63, 3.8) is 0 Å². The van der Waals surface area contributed by atoms with Crippen molar-refractivity contribution in [1.82, 2.24) is 4.90 Å². The van der Waals surface area contributed by atoms with E-state index in [1.165, 1.54) is 0 Å². The van der Waals surface area contributed by atoms with E-state index in [4.69, 9.17) is 16.4 Å². The molecule has 1 N–H and O–H groups in total. The van der Waals surface area contributed by atoms with Gasteiger partial charge in [-0.25, -0.2) is 0 Å². The first-order valence-corrected chi connectivity index (χ1v) is 9.48. The van der Waals surface area contributed by atoms with E-state index < -0.39 is 5.97 Å². The molecule has 0 saturated carbocycles. The average Bonchev–Trinajstić information content (AvgIpc) is 2.70. The second kappa shape index (κ2) is 9.53. The average molecular weight is 387 g/mol. The minimum Gasteiger partial charge on any atom is -0.481 e. The molecular formula is C21H23ClN2O3. The molecule has 1 aliphatic rings. The summed E-state index contributed by atoms with van der Waals surface area (Å²) in [6.07, 6.45) is 1.64. The van der Waals surface area contributed by atoms with Gasteiger partial charge in [-0.15, -0.1) is 0 Å². The summed E-state index contributed by atoms with van der Waals surface area (Å²) in [5.41, 5.74) is 2.42. The van der Waals surface area contributed by atoms with Gasteiger partial charge in [0.1, 0.15) is 12.3 Å². The number of hydrogen-bond donors (Lipinski definition) is 1. The number of hydrogen-bond acceptors (Lipinski definition) is 4. The van der Waals surface area contributed by atoms with Crippen LogP contribution in [-0.4, -0.2) is 47.9 Å². The number of carboxylic acid groups (broad SMARTS) is 1. The second-order valence-corrected chi connectivity index (χ2v) is 7.00. The lowest BCUT2D eigenvalue weighted by Gasteiger charge is -2.29. The maximum atomic E-state index is 11.2. The Morgan fingerprint density at radius 3 is 2.67 bits per heavy atom. The van der Waals surface area contributed by atoms with Crippen LogP contribution in [-0.2, 0) is 9.63 Å². The first kappa shape index (κ1) is 19.4. The van der Waals surface area contributed by atoms with Crippen molar-refractivity contribution >= 4 is 23.3 Å². The minimum atomic E-state index is -0.719. The van der Waals surface area contributed by atoms with E-state index in [9.17, 15) is 9.90 Å². The van der Waals surface area contributed by atoms with Crippen molar-refractivity contribution in [1.29, 1.82) is 0 Å². The highest BCUT2D eigenvalue weighted by atomic mass is 35.5. The smallest absolute Gasteiger partial charge is 0.307 e. The summed E-state index contributed by atoms with van der Waals surface area (Å²) in [7, 11) is 0. The minimum absolute atomic E-state index is 0.287. The van der Waals surface area contributed by atoms with Crippen molar-refractivity contribution in [2.75, 3.05) is 26.2 Å². The Bertz CT molecular complexity index is 795. The van der Waals surface area contributed by atoms with E-state index in [1.54, 1.807) is 0 Å². The Hall–Kier alpha value is -2.37. The molecule has 3 rings (SSSR count). The molecule has 2 aromatic carbocycles. The van der Waals surface area contributed by atoms with Crippen LogP contribution in [0.5, 0.6) is 0 Å². The summed E-state index contributed by atoms with van der Waals surface area (Å²) in [4.78, 5) is 18.9. The number of halogens is 1. The molecule has 1 heterocycles. The number of piperidine rings is 1. The van der Waals surface area contributed by atoms with E-state index in [1.807, 2.05) is 54.6 Å². The van der Waals surface area contributed by atoms with Crippen LogP contribution >= 0.6 is 11.6 Å². The van der Waals surface area contributed by atoms with Gasteiger partial charge in [0.15, 0.2) is 0 Å². The maximum absolute atomic E-state index is 11.2. The molecule has 1 atom stereocenters. The monoisotopic (exact) mass is 386 g/mol. The van der Waals surface area contributed by atoms with Gasteiger partial charge in [-0.1, -0.05) is 65.3 Å². The molecule has 0 aromatic heterocycles. The normalized spacial score (nSPS) is 18.3. The van der Waals surface area contributed by atoms with Crippen LogP contribution < -0.4 is 0 Å². The highest BCUT2D eigenvalue weighted by molar-refractivity contribution is 6.35. The first-order valence-electron chi connectivity index (χ1n) is 9.10. The molecule has 1 aliphatic heterocycles. The molecule has 5 nitrogen and oxygen atoms in total. The summed E-state index contributed by atoms with van der Waals surface area (Å²) >= 11 is 6.35. The van der Waals surface area contributed by atoms with Crippen LogP contribution in [0.2, 0.25) is 5.02 Å². The standard InChI is InChI=1S/C21H23ClN2O3/c22-19-11-5-4-10-18(19)20(16-7-2-1-3-8-16)23-27-14-13-24-12-6-9-17(15-24)21(25)26/h1-5,7-8,10-11,17H,6,9,12-15H2,(H,25,26)/b23-20+. The molecule has 1 saturated heterocycles. The quantitative estimate of drug-likeness (QED) is 0.445. The first-order chi connectivity index (χ1) is 13.1. The van der Waals surface area contributed by atoms with Crippen LogP contribution in [0.15, 0.2) is 59.8 Å². The van der Waals surface area contributed by atoms with Crippen LogP contribution in [0.25, 0.3) is 0 Å². The molecule has 0 radical (unpaired) electrons. The fourth-order valence-electron chi connectivity index (χ4n) is 3.25. The third-order valence-electron chi connectivity index (χ3n) is 4.69. The van der Waals surface area contributed by atoms with Crippen molar-refractivity contribution in [2.24, 2.45) is 11.1 Å². The molecule has 27 heavy (non-hydrogen) atoms. The Balaban J connectivity index is 1.66. The summed E-state index contributed by atoms with van der Waals surface area (Å²) in [6, 6.07) is 17.3. The third kappa shape index (κ3) is 5.31. The zero-order valence-electron chi connectivity index (χ0n) is 15.1. The predicted molar refractivity (Wildman–Crippen MR) is 106 cm³/mol. The van der Waals surface area contributed by atoms with E-state index >= 15 is 0 Å². The number of likely N-dealkylation sites (tertiary alicyclic amines) is 1. The van der Waals surface area contributed by atoms with E-state index in [0.717, 1.165) is 30.5 Å². The lowest BCUT2D eigenvalue weighted by atomic mass is 9.98. The lowest BCUT2D eigenvalue weighted by Crippen LogP contribution is -2.40. The Kier molecular flexibility index (Phi) is 6.85. The predicted octanol–water partition coefficient (Wildman–Crippen LogP) is 3.91. The maximum Gasteiger partial charge on any atom is 0.307 e. The fraction of sp³-hybridized carbons (Fsp3) is 0.333. The summed E-state index contributed by atoms with van der Waals surface area (Å²) in [6.45, 7) is 2.51. The number of rotatable bonds is 7. The highest BCUT2D eigenvalue weighted by Gasteiger charge is 2.25. The molecule has 0 aliphatic carbocycles. The van der Waals surface area contributed by atoms with Crippen molar-refractivity contribution in [2.45, 2.75) is 12.8 Å². The summed E-state index contributed by atoms with van der Waals surface area (Å²) in [5.74, 6) is -1.01. The SMILES string of the molecule is O=C(O)C1CCCN(CCO/N=C(\c2ccccc2)c2ccccc2Cl)C1. The molecule has 142 valence electrons. The van der Waals surface area contributed by atoms with Gasteiger partial charge in [0.25, 0.3) is 0 Å². The Labute approximate surface area is 164 Å². The van der Waals surface area contributed by atoms with Crippen molar-refractivity contribution in [3.05, 3.63) is 70.7 Å². The number of benzene rings is 2. The zero-order valence-corrected chi connectivity index (χ0v) is 15.8. The van der Waals surface area contributed by atoms with Gasteiger partial charge in [0.2, 0.25) is 0 Å². The van der Waals surface area contributed by atoms with E-state index in [0.29, 0.717) is 30.4 Å². The molecule has 0 bridgehead atoms.